The first-order chi connectivity index (χ1) is 7.88. The van der Waals surface area contributed by atoms with Gasteiger partial charge >= 0.3 is 6.18 Å². The number of rotatable bonds is 3. The van der Waals surface area contributed by atoms with Crippen molar-refractivity contribution in [2.45, 2.75) is 19.1 Å². The van der Waals surface area contributed by atoms with E-state index in [-0.39, 0.29) is 18.3 Å². The number of hydrogen-bond donors (Lipinski definition) is 2. The lowest BCUT2D eigenvalue weighted by Gasteiger charge is -2.15. The first-order valence-electron chi connectivity index (χ1n) is 4.87. The van der Waals surface area contributed by atoms with Crippen molar-refractivity contribution in [1.82, 2.24) is 0 Å². The third-order valence-corrected chi connectivity index (χ3v) is 2.13. The van der Waals surface area contributed by atoms with Gasteiger partial charge in [0.25, 0.3) is 0 Å². The Hall–Kier alpha value is -1.74. The van der Waals surface area contributed by atoms with Crippen molar-refractivity contribution in [2.75, 3.05) is 11.9 Å². The van der Waals surface area contributed by atoms with Gasteiger partial charge in [-0.15, -0.1) is 0 Å². The van der Waals surface area contributed by atoms with E-state index in [0.29, 0.717) is 0 Å². The van der Waals surface area contributed by atoms with Crippen molar-refractivity contribution < 1.29 is 18.3 Å². The lowest BCUT2D eigenvalue weighted by molar-refractivity contribution is -0.137. The number of alkyl halides is 3. The minimum absolute atomic E-state index is 0.193. The Balaban J connectivity index is 3.11. The highest BCUT2D eigenvalue weighted by atomic mass is 19.4. The molecule has 0 saturated heterocycles. The average Bonchev–Trinajstić information content (AvgIpc) is 2.27. The van der Waals surface area contributed by atoms with Crippen LogP contribution in [-0.2, 0) is 6.18 Å². The summed E-state index contributed by atoms with van der Waals surface area (Å²) in [4.78, 5) is 0. The zero-order valence-corrected chi connectivity index (χ0v) is 9.04. The number of aliphatic hydroxyl groups excluding tert-OH is 1. The third kappa shape index (κ3) is 3.36. The highest BCUT2D eigenvalue weighted by Gasteiger charge is 2.33. The van der Waals surface area contributed by atoms with Crippen LogP contribution in [0.5, 0.6) is 0 Å². The van der Waals surface area contributed by atoms with Gasteiger partial charge in [0, 0.05) is 11.7 Å². The fraction of sp³-hybridized carbons (Fsp3) is 0.364. The molecule has 0 saturated carbocycles. The number of hydrogen-bond acceptors (Lipinski definition) is 3. The number of anilines is 1. The molecule has 0 aliphatic carbocycles. The van der Waals surface area contributed by atoms with Gasteiger partial charge in [-0.2, -0.15) is 18.4 Å². The number of nitrogens with one attached hydrogen (secondary N) is 1. The number of halogens is 3. The Morgan fingerprint density at radius 3 is 2.59 bits per heavy atom. The highest BCUT2D eigenvalue weighted by molar-refractivity contribution is 5.53. The third-order valence-electron chi connectivity index (χ3n) is 2.13. The van der Waals surface area contributed by atoms with Gasteiger partial charge in [0.15, 0.2) is 0 Å². The summed E-state index contributed by atoms with van der Waals surface area (Å²) in [7, 11) is 0. The molecule has 0 aliphatic rings. The minimum atomic E-state index is -4.56. The average molecular weight is 244 g/mol. The summed E-state index contributed by atoms with van der Waals surface area (Å²) in [5.74, 6) is 0. The lowest BCUT2D eigenvalue weighted by Crippen LogP contribution is -2.20. The molecule has 1 rings (SSSR count). The molecule has 0 spiro atoms. The van der Waals surface area contributed by atoms with E-state index in [1.54, 1.807) is 6.92 Å². The summed E-state index contributed by atoms with van der Waals surface area (Å²) in [6.07, 6.45) is -4.56. The number of nitrogens with zero attached hydrogens (tertiary/aromatic N) is 1. The maximum atomic E-state index is 12.6. The molecule has 0 aromatic heterocycles. The van der Waals surface area contributed by atoms with Crippen LogP contribution in [0.4, 0.5) is 18.9 Å². The Morgan fingerprint density at radius 1 is 1.47 bits per heavy atom. The molecule has 0 bridgehead atoms. The largest absolute Gasteiger partial charge is 0.417 e. The SMILES string of the molecule is C[C@H](CO)Nc1ccc(C#N)c(C(F)(F)F)c1. The Morgan fingerprint density at radius 2 is 2.12 bits per heavy atom. The molecular weight excluding hydrogens is 233 g/mol. The standard InChI is InChI=1S/C11H11F3N2O/c1-7(6-17)16-9-3-2-8(5-15)10(4-9)11(12,13)14/h2-4,7,16-17H,6H2,1H3/t7-/m1/s1. The molecular formula is C11H11F3N2O. The van der Waals surface area contributed by atoms with E-state index in [2.05, 4.69) is 5.32 Å². The number of aliphatic hydroxyl groups is 1. The maximum absolute atomic E-state index is 12.6. The summed E-state index contributed by atoms with van der Waals surface area (Å²) >= 11 is 0. The van der Waals surface area contributed by atoms with E-state index in [1.807, 2.05) is 0 Å². The molecule has 0 aliphatic heterocycles. The van der Waals surface area contributed by atoms with E-state index < -0.39 is 17.3 Å². The monoisotopic (exact) mass is 244 g/mol. The van der Waals surface area contributed by atoms with Crippen molar-refractivity contribution in [3.63, 3.8) is 0 Å². The van der Waals surface area contributed by atoms with Gasteiger partial charge in [0.2, 0.25) is 0 Å². The number of benzene rings is 1. The zero-order valence-electron chi connectivity index (χ0n) is 9.04. The molecule has 3 nitrogen and oxygen atoms in total. The van der Waals surface area contributed by atoms with Crippen LogP contribution < -0.4 is 5.32 Å². The number of nitriles is 1. The summed E-state index contributed by atoms with van der Waals surface area (Å²) < 4.78 is 37.8. The Bertz CT molecular complexity index is 437. The predicted octanol–water partition coefficient (Wildman–Crippen LogP) is 2.37. The summed E-state index contributed by atoms with van der Waals surface area (Å²) in [6, 6.07) is 4.49. The topological polar surface area (TPSA) is 56.0 Å². The van der Waals surface area contributed by atoms with Gasteiger partial charge in [-0.25, -0.2) is 0 Å². The van der Waals surface area contributed by atoms with Crippen LogP contribution in [0, 0.1) is 11.3 Å². The molecule has 1 aromatic rings. The smallest absolute Gasteiger partial charge is 0.394 e. The molecule has 0 unspecified atom stereocenters. The molecule has 1 atom stereocenters. The van der Waals surface area contributed by atoms with Gasteiger partial charge in [0.05, 0.1) is 23.8 Å². The maximum Gasteiger partial charge on any atom is 0.417 e. The minimum Gasteiger partial charge on any atom is -0.394 e. The van der Waals surface area contributed by atoms with Crippen LogP contribution in [0.25, 0.3) is 0 Å². The molecule has 0 fully saturated rings. The fourth-order valence-corrected chi connectivity index (χ4v) is 1.30. The van der Waals surface area contributed by atoms with Crippen LogP contribution in [0.1, 0.15) is 18.1 Å². The Labute approximate surface area is 96.5 Å². The quantitative estimate of drug-likeness (QED) is 0.858. The Kier molecular flexibility index (Phi) is 3.97. The molecule has 0 amide bonds. The molecule has 0 heterocycles. The second kappa shape index (κ2) is 5.06. The lowest BCUT2D eigenvalue weighted by atomic mass is 10.1. The predicted molar refractivity (Wildman–Crippen MR) is 56.3 cm³/mol. The van der Waals surface area contributed by atoms with Crippen molar-refractivity contribution in [2.24, 2.45) is 0 Å². The first kappa shape index (κ1) is 13.3. The summed E-state index contributed by atoms with van der Waals surface area (Å²) in [6.45, 7) is 1.44. The van der Waals surface area contributed by atoms with Crippen LogP contribution in [-0.4, -0.2) is 17.8 Å². The molecule has 2 N–H and O–H groups in total. The van der Waals surface area contributed by atoms with E-state index in [9.17, 15) is 13.2 Å². The van der Waals surface area contributed by atoms with E-state index in [1.165, 1.54) is 12.1 Å². The molecule has 92 valence electrons. The normalized spacial score (nSPS) is 12.9. The summed E-state index contributed by atoms with van der Waals surface area (Å²) in [5.41, 5.74) is -1.17. The van der Waals surface area contributed by atoms with Gasteiger partial charge in [-0.1, -0.05) is 0 Å². The molecule has 17 heavy (non-hydrogen) atoms. The van der Waals surface area contributed by atoms with Crippen molar-refractivity contribution in [3.05, 3.63) is 29.3 Å². The van der Waals surface area contributed by atoms with Crippen LogP contribution in [0.15, 0.2) is 18.2 Å². The van der Waals surface area contributed by atoms with Gasteiger partial charge in [0.1, 0.15) is 0 Å². The molecule has 0 radical (unpaired) electrons. The van der Waals surface area contributed by atoms with Crippen molar-refractivity contribution in [1.29, 1.82) is 5.26 Å². The molecule has 1 aromatic carbocycles. The van der Waals surface area contributed by atoms with Gasteiger partial charge in [-0.3, -0.25) is 0 Å². The van der Waals surface area contributed by atoms with E-state index >= 15 is 0 Å². The van der Waals surface area contributed by atoms with Crippen LogP contribution in [0.3, 0.4) is 0 Å². The van der Waals surface area contributed by atoms with Crippen LogP contribution >= 0.6 is 0 Å². The second-order valence-corrected chi connectivity index (χ2v) is 3.60. The fourth-order valence-electron chi connectivity index (χ4n) is 1.30. The van der Waals surface area contributed by atoms with Crippen molar-refractivity contribution >= 4 is 5.69 Å². The van der Waals surface area contributed by atoms with Crippen LogP contribution in [0.2, 0.25) is 0 Å². The van der Waals surface area contributed by atoms with Gasteiger partial charge in [-0.05, 0) is 25.1 Å². The van der Waals surface area contributed by atoms with E-state index in [4.69, 9.17) is 10.4 Å². The van der Waals surface area contributed by atoms with E-state index in [0.717, 1.165) is 12.1 Å². The van der Waals surface area contributed by atoms with Gasteiger partial charge < -0.3 is 10.4 Å². The zero-order chi connectivity index (χ0) is 13.1. The second-order valence-electron chi connectivity index (χ2n) is 3.60. The first-order valence-corrected chi connectivity index (χ1v) is 4.87. The highest BCUT2D eigenvalue weighted by Crippen LogP contribution is 2.33. The van der Waals surface area contributed by atoms with Crippen molar-refractivity contribution in [3.8, 4) is 6.07 Å². The molecule has 6 heteroatoms. The summed E-state index contributed by atoms with van der Waals surface area (Å²) in [5, 5.41) is 20.1.